The number of hydrogen-bond donors (Lipinski definition) is 1. The fourth-order valence-electron chi connectivity index (χ4n) is 5.43. The number of benzene rings is 2. The van der Waals surface area contributed by atoms with Gasteiger partial charge in [-0.15, -0.1) is 0 Å². The molecular formula is C29H35NO6. The van der Waals surface area contributed by atoms with Gasteiger partial charge in [0.05, 0.1) is 32.4 Å². The molecule has 2 aromatic carbocycles. The summed E-state index contributed by atoms with van der Waals surface area (Å²) in [5.41, 5.74) is 2.07. The third kappa shape index (κ3) is 4.43. The fraction of sp³-hybridized carbons (Fsp3) is 0.448. The summed E-state index contributed by atoms with van der Waals surface area (Å²) in [7, 11) is 3.08. The second kappa shape index (κ2) is 10.6. The highest BCUT2D eigenvalue weighted by atomic mass is 16.5. The van der Waals surface area contributed by atoms with Crippen molar-refractivity contribution in [2.45, 2.75) is 64.5 Å². The van der Waals surface area contributed by atoms with Gasteiger partial charge in [0.25, 0.3) is 11.7 Å². The van der Waals surface area contributed by atoms with Gasteiger partial charge in [0.2, 0.25) is 0 Å². The summed E-state index contributed by atoms with van der Waals surface area (Å²) in [6.45, 7) is 6.53. The molecule has 2 aromatic rings. The zero-order chi connectivity index (χ0) is 26.0. The van der Waals surface area contributed by atoms with Crippen LogP contribution in [-0.4, -0.2) is 48.6 Å². The minimum absolute atomic E-state index is 0.0670. The van der Waals surface area contributed by atoms with Crippen molar-refractivity contribution in [3.63, 3.8) is 0 Å². The van der Waals surface area contributed by atoms with E-state index in [0.29, 0.717) is 29.2 Å². The largest absolute Gasteiger partial charge is 0.507 e. The molecule has 2 fully saturated rings. The third-order valence-corrected chi connectivity index (χ3v) is 7.13. The standard InChI is InChI=1S/C29H35NO6/c1-6-36-22-15-14-18(16-21(22)17(2)3)26(31)24-25(20-12-9-13-23(34-4)28(20)35-5)30(29(33)27(24)32)19-10-7-8-11-19/h9,12-17,19,25,31H,6-8,10-11H2,1-5H3/b26-24-. The molecule has 1 amide bonds. The predicted octanol–water partition coefficient (Wildman–Crippen LogP) is 5.59. The van der Waals surface area contributed by atoms with Crippen LogP contribution >= 0.6 is 0 Å². The minimum atomic E-state index is -0.785. The quantitative estimate of drug-likeness (QED) is 0.293. The van der Waals surface area contributed by atoms with E-state index in [4.69, 9.17) is 14.2 Å². The lowest BCUT2D eigenvalue weighted by molar-refractivity contribution is -0.141. The maximum absolute atomic E-state index is 13.5. The van der Waals surface area contributed by atoms with Crippen LogP contribution in [0.1, 0.15) is 75.1 Å². The van der Waals surface area contributed by atoms with Gasteiger partial charge < -0.3 is 24.2 Å². The van der Waals surface area contributed by atoms with Crippen LogP contribution in [0.15, 0.2) is 42.0 Å². The average molecular weight is 494 g/mol. The lowest BCUT2D eigenvalue weighted by Gasteiger charge is -2.31. The molecule has 0 radical (unpaired) electrons. The number of ether oxygens (including phenoxy) is 3. The molecule has 1 unspecified atom stereocenters. The van der Waals surface area contributed by atoms with Crippen molar-refractivity contribution in [3.05, 3.63) is 58.7 Å². The Morgan fingerprint density at radius 3 is 2.39 bits per heavy atom. The summed E-state index contributed by atoms with van der Waals surface area (Å²) in [6, 6.07) is 9.91. The number of rotatable bonds is 8. The monoisotopic (exact) mass is 493 g/mol. The van der Waals surface area contributed by atoms with Crippen LogP contribution in [0.2, 0.25) is 0 Å². The number of nitrogens with zero attached hydrogens (tertiary/aromatic N) is 1. The van der Waals surface area contributed by atoms with Crippen molar-refractivity contribution < 1.29 is 28.9 Å². The highest BCUT2D eigenvalue weighted by Gasteiger charge is 2.50. The summed E-state index contributed by atoms with van der Waals surface area (Å²) >= 11 is 0. The molecule has 2 aliphatic rings. The Hall–Kier alpha value is -3.48. The van der Waals surface area contributed by atoms with Gasteiger partial charge in [-0.05, 0) is 55.5 Å². The summed E-state index contributed by atoms with van der Waals surface area (Å²) in [4.78, 5) is 28.6. The number of ketones is 1. The van der Waals surface area contributed by atoms with Gasteiger partial charge in [-0.1, -0.05) is 38.8 Å². The van der Waals surface area contributed by atoms with Gasteiger partial charge in [-0.2, -0.15) is 0 Å². The van der Waals surface area contributed by atoms with E-state index in [1.54, 1.807) is 30.2 Å². The number of hydrogen-bond acceptors (Lipinski definition) is 6. The molecule has 7 nitrogen and oxygen atoms in total. The van der Waals surface area contributed by atoms with E-state index in [0.717, 1.165) is 37.0 Å². The average Bonchev–Trinajstić information content (AvgIpc) is 3.49. The molecule has 1 aliphatic heterocycles. The first-order valence-electron chi connectivity index (χ1n) is 12.6. The molecular weight excluding hydrogens is 458 g/mol. The van der Waals surface area contributed by atoms with Gasteiger partial charge in [0, 0.05) is 17.2 Å². The Morgan fingerprint density at radius 1 is 1.06 bits per heavy atom. The van der Waals surface area contributed by atoms with E-state index in [1.807, 2.05) is 39.0 Å². The number of amides is 1. The molecule has 4 rings (SSSR count). The first-order chi connectivity index (χ1) is 17.3. The smallest absolute Gasteiger partial charge is 0.295 e. The Bertz CT molecular complexity index is 1180. The van der Waals surface area contributed by atoms with Gasteiger partial charge in [0.15, 0.2) is 11.5 Å². The van der Waals surface area contributed by atoms with Gasteiger partial charge in [-0.3, -0.25) is 9.59 Å². The lowest BCUT2D eigenvalue weighted by Crippen LogP contribution is -2.37. The number of aliphatic hydroxyl groups is 1. The fourth-order valence-corrected chi connectivity index (χ4v) is 5.43. The molecule has 0 bridgehead atoms. The SMILES string of the molecule is CCOc1ccc(/C(O)=C2/C(=O)C(=O)N(C3CCCC3)C2c2cccc(OC)c2OC)cc1C(C)C. The lowest BCUT2D eigenvalue weighted by atomic mass is 9.92. The number of aliphatic hydroxyl groups excluding tert-OH is 1. The summed E-state index contributed by atoms with van der Waals surface area (Å²) in [5, 5.41) is 11.6. The topological polar surface area (TPSA) is 85.3 Å². The van der Waals surface area contributed by atoms with E-state index in [1.165, 1.54) is 7.11 Å². The normalized spacial score (nSPS) is 19.8. The number of likely N-dealkylation sites (tertiary alicyclic amines) is 1. The van der Waals surface area contributed by atoms with Gasteiger partial charge in [-0.25, -0.2) is 0 Å². The Morgan fingerprint density at radius 2 is 1.78 bits per heavy atom. The molecule has 1 aliphatic carbocycles. The number of Topliss-reactive ketones (excluding diaryl/α,β-unsaturated/α-hetero) is 1. The van der Waals surface area contributed by atoms with E-state index < -0.39 is 17.7 Å². The number of para-hydroxylation sites is 1. The van der Waals surface area contributed by atoms with Crippen molar-refractivity contribution in [1.82, 2.24) is 4.90 Å². The van der Waals surface area contributed by atoms with Crippen LogP contribution in [0.3, 0.4) is 0 Å². The van der Waals surface area contributed by atoms with Crippen LogP contribution < -0.4 is 14.2 Å². The zero-order valence-corrected chi connectivity index (χ0v) is 21.7. The summed E-state index contributed by atoms with van der Waals surface area (Å²) in [5.74, 6) is 0.331. The van der Waals surface area contributed by atoms with Crippen LogP contribution in [0.5, 0.6) is 17.2 Å². The van der Waals surface area contributed by atoms with Crippen molar-refractivity contribution in [2.75, 3.05) is 20.8 Å². The first kappa shape index (κ1) is 25.6. The van der Waals surface area contributed by atoms with Crippen LogP contribution in [0, 0.1) is 0 Å². The molecule has 192 valence electrons. The molecule has 0 aromatic heterocycles. The van der Waals surface area contributed by atoms with Crippen LogP contribution in [0.4, 0.5) is 0 Å². The number of methoxy groups -OCH3 is 2. The maximum Gasteiger partial charge on any atom is 0.295 e. The second-order valence-corrected chi connectivity index (χ2v) is 9.57. The highest BCUT2D eigenvalue weighted by Crippen LogP contribution is 2.48. The van der Waals surface area contributed by atoms with Crippen LogP contribution in [-0.2, 0) is 9.59 Å². The van der Waals surface area contributed by atoms with E-state index >= 15 is 0 Å². The second-order valence-electron chi connectivity index (χ2n) is 9.57. The van der Waals surface area contributed by atoms with Crippen molar-refractivity contribution in [1.29, 1.82) is 0 Å². The highest BCUT2D eigenvalue weighted by molar-refractivity contribution is 6.46. The number of carbonyl (C=O) groups is 2. The molecule has 0 spiro atoms. The molecule has 1 N–H and O–H groups in total. The minimum Gasteiger partial charge on any atom is -0.507 e. The van der Waals surface area contributed by atoms with E-state index in [-0.39, 0.29) is 23.3 Å². The van der Waals surface area contributed by atoms with E-state index in [9.17, 15) is 14.7 Å². The van der Waals surface area contributed by atoms with Gasteiger partial charge >= 0.3 is 0 Å². The zero-order valence-electron chi connectivity index (χ0n) is 21.7. The molecule has 1 saturated carbocycles. The van der Waals surface area contributed by atoms with Crippen LogP contribution in [0.25, 0.3) is 5.76 Å². The molecule has 1 atom stereocenters. The number of carbonyl (C=O) groups excluding carboxylic acids is 2. The Kier molecular flexibility index (Phi) is 7.57. The summed E-state index contributed by atoms with van der Waals surface area (Å²) < 4.78 is 17.0. The molecule has 1 heterocycles. The van der Waals surface area contributed by atoms with Crippen molar-refractivity contribution in [3.8, 4) is 17.2 Å². The maximum atomic E-state index is 13.5. The summed E-state index contributed by atoms with van der Waals surface area (Å²) in [6.07, 6.45) is 3.62. The van der Waals surface area contributed by atoms with Gasteiger partial charge in [0.1, 0.15) is 11.5 Å². The predicted molar refractivity (Wildman–Crippen MR) is 138 cm³/mol. The molecule has 7 heteroatoms. The first-order valence-corrected chi connectivity index (χ1v) is 12.6. The van der Waals surface area contributed by atoms with E-state index in [2.05, 4.69) is 0 Å². The third-order valence-electron chi connectivity index (χ3n) is 7.13. The Balaban J connectivity index is 1.94. The Labute approximate surface area is 212 Å². The van der Waals surface area contributed by atoms with Crippen molar-refractivity contribution in [2.24, 2.45) is 0 Å². The molecule has 1 saturated heterocycles. The molecule has 36 heavy (non-hydrogen) atoms. The van der Waals surface area contributed by atoms with Crippen molar-refractivity contribution >= 4 is 17.4 Å².